The highest BCUT2D eigenvalue weighted by Crippen LogP contribution is 2.28. The highest BCUT2D eigenvalue weighted by atomic mass is 32.2. The number of amides is 2. The van der Waals surface area contributed by atoms with Crippen molar-refractivity contribution < 1.29 is 27.5 Å². The number of hydrogen-bond acceptors (Lipinski definition) is 6. The summed E-state index contributed by atoms with van der Waals surface area (Å²) in [5.41, 5.74) is 5.13. The van der Waals surface area contributed by atoms with Crippen LogP contribution in [0, 0.1) is 0 Å². The fourth-order valence-electron chi connectivity index (χ4n) is 2.79. The van der Waals surface area contributed by atoms with Crippen LogP contribution < -0.4 is 25.0 Å². The Labute approximate surface area is 187 Å². The zero-order chi connectivity index (χ0) is 23.1. The van der Waals surface area contributed by atoms with Gasteiger partial charge in [0.25, 0.3) is 11.8 Å². The lowest BCUT2D eigenvalue weighted by Gasteiger charge is -2.12. The number of hydrogen-bond donors (Lipinski definition) is 3. The standard InChI is InChI=1S/C22H27N3O6S/c1-3-4-13-31-19-12-7-16(14-20(19)30-2)22(27)24-23-21(26)15-5-10-18(11-6-15)32(28,29)25-17-8-9-17/h5-7,10-12,14,17,25H,3-4,8-9,13H2,1-2H3,(H,23,26)(H,24,27). The van der Waals surface area contributed by atoms with Gasteiger partial charge in [0, 0.05) is 17.2 Å². The molecule has 0 unspecified atom stereocenters. The molecule has 0 aliphatic heterocycles. The first kappa shape index (κ1) is 23.6. The van der Waals surface area contributed by atoms with Crippen molar-refractivity contribution in [2.24, 2.45) is 0 Å². The number of ether oxygens (including phenoxy) is 2. The first-order valence-electron chi connectivity index (χ1n) is 10.4. The molecular weight excluding hydrogens is 434 g/mol. The van der Waals surface area contributed by atoms with Crippen LogP contribution in [0.25, 0.3) is 0 Å². The van der Waals surface area contributed by atoms with Gasteiger partial charge in [-0.2, -0.15) is 0 Å². The van der Waals surface area contributed by atoms with E-state index in [1.165, 1.54) is 37.4 Å². The smallest absolute Gasteiger partial charge is 0.269 e. The Morgan fingerprint density at radius 2 is 1.59 bits per heavy atom. The van der Waals surface area contributed by atoms with E-state index in [4.69, 9.17) is 9.47 Å². The van der Waals surface area contributed by atoms with E-state index in [2.05, 4.69) is 22.5 Å². The van der Waals surface area contributed by atoms with Gasteiger partial charge in [-0.15, -0.1) is 0 Å². The molecule has 2 amide bonds. The molecular formula is C22H27N3O6S. The number of carbonyl (C=O) groups excluding carboxylic acids is 2. The molecule has 2 aromatic rings. The maximum Gasteiger partial charge on any atom is 0.269 e. The van der Waals surface area contributed by atoms with Gasteiger partial charge in [-0.25, -0.2) is 13.1 Å². The predicted octanol–water partition coefficient (Wildman–Crippen LogP) is 2.39. The molecule has 0 aromatic heterocycles. The lowest BCUT2D eigenvalue weighted by atomic mass is 10.2. The summed E-state index contributed by atoms with van der Waals surface area (Å²) in [5, 5.41) is 0. The summed E-state index contributed by atoms with van der Waals surface area (Å²) in [7, 11) is -2.11. The van der Waals surface area contributed by atoms with Crippen LogP contribution in [-0.2, 0) is 10.0 Å². The van der Waals surface area contributed by atoms with E-state index < -0.39 is 21.8 Å². The summed E-state index contributed by atoms with van der Waals surface area (Å²) in [6, 6.07) is 10.2. The van der Waals surface area contributed by atoms with E-state index >= 15 is 0 Å². The fourth-order valence-corrected chi connectivity index (χ4v) is 4.09. The minimum Gasteiger partial charge on any atom is -0.493 e. The number of rotatable bonds is 10. The van der Waals surface area contributed by atoms with Crippen LogP contribution in [-0.4, -0.2) is 40.0 Å². The monoisotopic (exact) mass is 461 g/mol. The molecule has 3 N–H and O–H groups in total. The van der Waals surface area contributed by atoms with Crippen LogP contribution in [0.4, 0.5) is 0 Å². The maximum absolute atomic E-state index is 12.4. The molecule has 1 saturated carbocycles. The van der Waals surface area contributed by atoms with Crippen LogP contribution >= 0.6 is 0 Å². The van der Waals surface area contributed by atoms with Gasteiger partial charge in [0.1, 0.15) is 0 Å². The molecule has 0 bridgehead atoms. The van der Waals surface area contributed by atoms with E-state index in [9.17, 15) is 18.0 Å². The largest absolute Gasteiger partial charge is 0.493 e. The molecule has 0 saturated heterocycles. The molecule has 10 heteroatoms. The van der Waals surface area contributed by atoms with E-state index in [-0.39, 0.29) is 22.1 Å². The highest BCUT2D eigenvalue weighted by Gasteiger charge is 2.28. The normalized spacial score (nSPS) is 13.3. The van der Waals surface area contributed by atoms with Gasteiger partial charge < -0.3 is 9.47 Å². The second kappa shape index (κ2) is 10.5. The van der Waals surface area contributed by atoms with Crippen LogP contribution in [0.3, 0.4) is 0 Å². The number of nitrogens with one attached hydrogen (secondary N) is 3. The molecule has 172 valence electrons. The van der Waals surface area contributed by atoms with Gasteiger partial charge in [-0.1, -0.05) is 13.3 Å². The summed E-state index contributed by atoms with van der Waals surface area (Å²) in [5.74, 6) is -0.169. The fraction of sp³-hybridized carbons (Fsp3) is 0.364. The molecule has 32 heavy (non-hydrogen) atoms. The number of hydrazine groups is 1. The Bertz CT molecular complexity index is 1070. The molecule has 1 aliphatic carbocycles. The summed E-state index contributed by atoms with van der Waals surface area (Å²) in [4.78, 5) is 24.8. The van der Waals surface area contributed by atoms with E-state index in [0.717, 1.165) is 25.7 Å². The average Bonchev–Trinajstić information content (AvgIpc) is 3.61. The number of carbonyl (C=O) groups is 2. The van der Waals surface area contributed by atoms with Gasteiger partial charge in [-0.3, -0.25) is 20.4 Å². The van der Waals surface area contributed by atoms with Gasteiger partial charge in [0.05, 0.1) is 18.6 Å². The van der Waals surface area contributed by atoms with E-state index in [1.54, 1.807) is 12.1 Å². The molecule has 0 radical (unpaired) electrons. The summed E-state index contributed by atoms with van der Waals surface area (Å²) < 4.78 is 37.9. The van der Waals surface area contributed by atoms with Crippen molar-refractivity contribution >= 4 is 21.8 Å². The van der Waals surface area contributed by atoms with E-state index in [1.807, 2.05) is 0 Å². The van der Waals surface area contributed by atoms with Gasteiger partial charge in [0.2, 0.25) is 10.0 Å². The van der Waals surface area contributed by atoms with Crippen LogP contribution in [0.2, 0.25) is 0 Å². The summed E-state index contributed by atoms with van der Waals surface area (Å²) >= 11 is 0. The lowest BCUT2D eigenvalue weighted by Crippen LogP contribution is -2.41. The second-order valence-electron chi connectivity index (χ2n) is 7.40. The number of sulfonamides is 1. The predicted molar refractivity (Wildman–Crippen MR) is 118 cm³/mol. The molecule has 1 aliphatic rings. The maximum atomic E-state index is 12.4. The molecule has 0 spiro atoms. The van der Waals surface area contributed by atoms with E-state index in [0.29, 0.717) is 18.1 Å². The minimum absolute atomic E-state index is 0.00576. The Morgan fingerprint density at radius 1 is 0.969 bits per heavy atom. The number of unbranched alkanes of at least 4 members (excludes halogenated alkanes) is 1. The van der Waals surface area contributed by atoms with Gasteiger partial charge in [-0.05, 0) is 61.7 Å². The number of methoxy groups -OCH3 is 1. The minimum atomic E-state index is -3.59. The lowest BCUT2D eigenvalue weighted by molar-refractivity contribution is 0.0846. The van der Waals surface area contributed by atoms with Crippen molar-refractivity contribution in [3.63, 3.8) is 0 Å². The Kier molecular flexibility index (Phi) is 7.70. The molecule has 0 atom stereocenters. The molecule has 0 heterocycles. The Hall–Kier alpha value is -3.11. The molecule has 3 rings (SSSR count). The van der Waals surface area contributed by atoms with Gasteiger partial charge >= 0.3 is 0 Å². The van der Waals surface area contributed by atoms with Crippen molar-refractivity contribution in [3.8, 4) is 11.5 Å². The quantitative estimate of drug-likeness (QED) is 0.369. The Morgan fingerprint density at radius 3 is 2.19 bits per heavy atom. The molecule has 1 fully saturated rings. The second-order valence-corrected chi connectivity index (χ2v) is 9.11. The first-order valence-corrected chi connectivity index (χ1v) is 11.9. The molecule has 2 aromatic carbocycles. The summed E-state index contributed by atoms with van der Waals surface area (Å²) in [6.07, 6.45) is 3.57. The highest BCUT2D eigenvalue weighted by molar-refractivity contribution is 7.89. The third-order valence-corrected chi connectivity index (χ3v) is 6.33. The van der Waals surface area contributed by atoms with Crippen molar-refractivity contribution in [1.82, 2.24) is 15.6 Å². The van der Waals surface area contributed by atoms with Gasteiger partial charge in [0.15, 0.2) is 11.5 Å². The van der Waals surface area contributed by atoms with Crippen molar-refractivity contribution in [3.05, 3.63) is 53.6 Å². The average molecular weight is 462 g/mol. The van der Waals surface area contributed by atoms with Crippen LogP contribution in [0.5, 0.6) is 11.5 Å². The van der Waals surface area contributed by atoms with Crippen LogP contribution in [0.15, 0.2) is 47.4 Å². The van der Waals surface area contributed by atoms with Crippen molar-refractivity contribution in [1.29, 1.82) is 0 Å². The Balaban J connectivity index is 1.57. The first-order chi connectivity index (χ1) is 15.3. The summed E-state index contributed by atoms with van der Waals surface area (Å²) in [6.45, 7) is 2.61. The third-order valence-electron chi connectivity index (χ3n) is 4.80. The number of benzene rings is 2. The SMILES string of the molecule is CCCCOc1ccc(C(=O)NNC(=O)c2ccc(S(=O)(=O)NC3CC3)cc2)cc1OC. The molecule has 9 nitrogen and oxygen atoms in total. The van der Waals surface area contributed by atoms with Crippen LogP contribution in [0.1, 0.15) is 53.3 Å². The zero-order valence-corrected chi connectivity index (χ0v) is 18.8. The third kappa shape index (κ3) is 6.21. The van der Waals surface area contributed by atoms with Crippen molar-refractivity contribution in [2.75, 3.05) is 13.7 Å². The van der Waals surface area contributed by atoms with Crippen molar-refractivity contribution in [2.45, 2.75) is 43.5 Å². The topological polar surface area (TPSA) is 123 Å². The zero-order valence-electron chi connectivity index (χ0n) is 18.0.